The van der Waals surface area contributed by atoms with Gasteiger partial charge in [-0.2, -0.15) is 0 Å². The lowest BCUT2D eigenvalue weighted by Crippen LogP contribution is -2.48. The first-order chi connectivity index (χ1) is 11.5. The SMILES string of the molecule is Cc1ccc2c(CC(=O)NC(C(=O)O)C3CCOCC3)c[nH]c2c1. The summed E-state index contributed by atoms with van der Waals surface area (Å²) in [5.74, 6) is -1.33. The van der Waals surface area contributed by atoms with Crippen LogP contribution in [0.25, 0.3) is 10.9 Å². The smallest absolute Gasteiger partial charge is 0.326 e. The number of H-pyrrole nitrogens is 1. The van der Waals surface area contributed by atoms with Gasteiger partial charge in [-0.15, -0.1) is 0 Å². The van der Waals surface area contributed by atoms with Gasteiger partial charge in [-0.05, 0) is 42.9 Å². The fourth-order valence-electron chi connectivity index (χ4n) is 3.27. The summed E-state index contributed by atoms with van der Waals surface area (Å²) in [7, 11) is 0. The maximum absolute atomic E-state index is 12.4. The van der Waals surface area contributed by atoms with E-state index in [2.05, 4.69) is 10.3 Å². The van der Waals surface area contributed by atoms with Crippen molar-refractivity contribution in [2.45, 2.75) is 32.2 Å². The van der Waals surface area contributed by atoms with E-state index in [4.69, 9.17) is 4.74 Å². The zero-order chi connectivity index (χ0) is 17.1. The molecular formula is C18H22N2O4. The molecule has 0 saturated carbocycles. The molecule has 1 aromatic heterocycles. The normalized spacial score (nSPS) is 16.9. The quantitative estimate of drug-likeness (QED) is 0.782. The number of carbonyl (C=O) groups excluding carboxylic acids is 1. The Balaban J connectivity index is 1.69. The van der Waals surface area contributed by atoms with Crippen LogP contribution in [0.2, 0.25) is 0 Å². The molecule has 6 heteroatoms. The van der Waals surface area contributed by atoms with Crippen molar-refractivity contribution in [1.29, 1.82) is 0 Å². The summed E-state index contributed by atoms with van der Waals surface area (Å²) < 4.78 is 5.27. The fraction of sp³-hybridized carbons (Fsp3) is 0.444. The number of amides is 1. The second-order valence-corrected chi connectivity index (χ2v) is 6.37. The minimum Gasteiger partial charge on any atom is -0.480 e. The van der Waals surface area contributed by atoms with Gasteiger partial charge >= 0.3 is 5.97 Å². The molecule has 1 saturated heterocycles. The number of benzene rings is 1. The number of hydrogen-bond acceptors (Lipinski definition) is 3. The molecule has 6 nitrogen and oxygen atoms in total. The van der Waals surface area contributed by atoms with Crippen LogP contribution >= 0.6 is 0 Å². The van der Waals surface area contributed by atoms with Crippen molar-refractivity contribution in [3.05, 3.63) is 35.5 Å². The lowest BCUT2D eigenvalue weighted by atomic mass is 9.91. The maximum atomic E-state index is 12.4. The van der Waals surface area contributed by atoms with Crippen molar-refractivity contribution in [1.82, 2.24) is 10.3 Å². The molecule has 1 aliphatic rings. The van der Waals surface area contributed by atoms with Crippen LogP contribution in [-0.2, 0) is 20.7 Å². The number of aryl methyl sites for hydroxylation is 1. The standard InChI is InChI=1S/C18H22N2O4/c1-11-2-3-14-13(10-19-15(14)8-11)9-16(21)20-17(18(22)23)12-4-6-24-7-5-12/h2-3,8,10,12,17,19H,4-7,9H2,1H3,(H,20,21)(H,22,23). The molecule has 0 radical (unpaired) electrons. The maximum Gasteiger partial charge on any atom is 0.326 e. The van der Waals surface area contributed by atoms with Gasteiger partial charge in [-0.3, -0.25) is 4.79 Å². The topological polar surface area (TPSA) is 91.4 Å². The van der Waals surface area contributed by atoms with Gasteiger partial charge in [0.05, 0.1) is 6.42 Å². The number of aromatic nitrogens is 1. The number of aliphatic carboxylic acids is 1. The van der Waals surface area contributed by atoms with E-state index in [0.717, 1.165) is 22.0 Å². The predicted octanol–water partition coefficient (Wildman–Crippen LogP) is 2.01. The van der Waals surface area contributed by atoms with E-state index in [1.54, 1.807) is 0 Å². The molecule has 1 atom stereocenters. The second kappa shape index (κ2) is 7.05. The molecule has 128 valence electrons. The van der Waals surface area contributed by atoms with E-state index in [1.165, 1.54) is 0 Å². The summed E-state index contributed by atoms with van der Waals surface area (Å²) in [6.07, 6.45) is 3.29. The number of carboxylic acid groups (broad SMARTS) is 1. The summed E-state index contributed by atoms with van der Waals surface area (Å²) in [5, 5.41) is 13.1. The molecule has 1 aliphatic heterocycles. The van der Waals surface area contributed by atoms with Gasteiger partial charge in [-0.1, -0.05) is 12.1 Å². The molecule has 1 fully saturated rings. The largest absolute Gasteiger partial charge is 0.480 e. The van der Waals surface area contributed by atoms with Crippen LogP contribution in [-0.4, -0.2) is 41.2 Å². The van der Waals surface area contributed by atoms with Crippen molar-refractivity contribution in [2.24, 2.45) is 5.92 Å². The van der Waals surface area contributed by atoms with Crippen LogP contribution in [0.15, 0.2) is 24.4 Å². The zero-order valence-electron chi connectivity index (χ0n) is 13.7. The lowest BCUT2D eigenvalue weighted by molar-refractivity contribution is -0.144. The summed E-state index contributed by atoms with van der Waals surface area (Å²) in [6.45, 7) is 3.11. The molecule has 0 aliphatic carbocycles. The van der Waals surface area contributed by atoms with Gasteiger partial charge in [0.2, 0.25) is 5.91 Å². The van der Waals surface area contributed by atoms with Gasteiger partial charge in [0.1, 0.15) is 6.04 Å². The first-order valence-corrected chi connectivity index (χ1v) is 8.21. The summed E-state index contributed by atoms with van der Waals surface area (Å²) >= 11 is 0. The third-order valence-corrected chi connectivity index (χ3v) is 4.59. The number of rotatable bonds is 5. The van der Waals surface area contributed by atoms with E-state index in [1.807, 2.05) is 31.3 Å². The molecule has 0 spiro atoms. The Kier molecular flexibility index (Phi) is 4.85. The number of carboxylic acids is 1. The van der Waals surface area contributed by atoms with Crippen molar-refractivity contribution in [3.8, 4) is 0 Å². The number of ether oxygens (including phenoxy) is 1. The van der Waals surface area contributed by atoms with Gasteiger partial charge in [0.15, 0.2) is 0 Å². The zero-order valence-corrected chi connectivity index (χ0v) is 13.7. The number of carbonyl (C=O) groups is 2. The van der Waals surface area contributed by atoms with Gasteiger partial charge in [0.25, 0.3) is 0 Å². The molecule has 1 aromatic carbocycles. The Morgan fingerprint density at radius 1 is 1.38 bits per heavy atom. The lowest BCUT2D eigenvalue weighted by Gasteiger charge is -2.28. The van der Waals surface area contributed by atoms with E-state index < -0.39 is 12.0 Å². The van der Waals surface area contributed by atoms with Crippen LogP contribution in [0.3, 0.4) is 0 Å². The monoisotopic (exact) mass is 330 g/mol. The molecule has 1 amide bonds. The second-order valence-electron chi connectivity index (χ2n) is 6.37. The molecule has 2 heterocycles. The third-order valence-electron chi connectivity index (χ3n) is 4.59. The van der Waals surface area contributed by atoms with Gasteiger partial charge < -0.3 is 20.1 Å². The molecule has 1 unspecified atom stereocenters. The Labute approximate surface area is 140 Å². The summed E-state index contributed by atoms with van der Waals surface area (Å²) in [5.41, 5.74) is 3.00. The Hall–Kier alpha value is -2.34. The summed E-state index contributed by atoms with van der Waals surface area (Å²) in [4.78, 5) is 27.0. The highest BCUT2D eigenvalue weighted by molar-refractivity contribution is 5.90. The van der Waals surface area contributed by atoms with Crippen LogP contribution < -0.4 is 5.32 Å². The fourth-order valence-corrected chi connectivity index (χ4v) is 3.27. The highest BCUT2D eigenvalue weighted by Gasteiger charge is 2.31. The predicted molar refractivity (Wildman–Crippen MR) is 89.8 cm³/mol. The minimum absolute atomic E-state index is 0.0779. The van der Waals surface area contributed by atoms with E-state index in [0.29, 0.717) is 26.1 Å². The third kappa shape index (κ3) is 3.59. The average Bonchev–Trinajstić information content (AvgIpc) is 2.95. The van der Waals surface area contributed by atoms with Crippen LogP contribution in [0.1, 0.15) is 24.0 Å². The Bertz CT molecular complexity index is 747. The Morgan fingerprint density at radius 3 is 2.83 bits per heavy atom. The van der Waals surface area contributed by atoms with Gasteiger partial charge in [0, 0.05) is 30.3 Å². The van der Waals surface area contributed by atoms with Crippen LogP contribution in [0, 0.1) is 12.8 Å². The van der Waals surface area contributed by atoms with Crippen LogP contribution in [0.5, 0.6) is 0 Å². The van der Waals surface area contributed by atoms with Crippen molar-refractivity contribution in [2.75, 3.05) is 13.2 Å². The Morgan fingerprint density at radius 2 is 2.12 bits per heavy atom. The highest BCUT2D eigenvalue weighted by atomic mass is 16.5. The molecule has 3 N–H and O–H groups in total. The van der Waals surface area contributed by atoms with E-state index in [-0.39, 0.29) is 18.2 Å². The molecule has 2 aromatic rings. The number of nitrogens with one attached hydrogen (secondary N) is 2. The van der Waals surface area contributed by atoms with E-state index >= 15 is 0 Å². The van der Waals surface area contributed by atoms with Crippen LogP contribution in [0.4, 0.5) is 0 Å². The van der Waals surface area contributed by atoms with Gasteiger partial charge in [-0.25, -0.2) is 4.79 Å². The van der Waals surface area contributed by atoms with E-state index in [9.17, 15) is 14.7 Å². The van der Waals surface area contributed by atoms with Crippen molar-refractivity contribution < 1.29 is 19.4 Å². The van der Waals surface area contributed by atoms with Crippen molar-refractivity contribution in [3.63, 3.8) is 0 Å². The first kappa shape index (κ1) is 16.5. The molecule has 0 bridgehead atoms. The summed E-state index contributed by atoms with van der Waals surface area (Å²) in [6, 6.07) is 5.16. The number of hydrogen-bond donors (Lipinski definition) is 3. The highest BCUT2D eigenvalue weighted by Crippen LogP contribution is 2.21. The number of aromatic amines is 1. The average molecular weight is 330 g/mol. The number of fused-ring (bicyclic) bond motifs is 1. The molecular weight excluding hydrogens is 308 g/mol. The van der Waals surface area contributed by atoms with Crippen molar-refractivity contribution >= 4 is 22.8 Å². The first-order valence-electron chi connectivity index (χ1n) is 8.21. The minimum atomic E-state index is -0.982. The molecule has 3 rings (SSSR count). The molecule has 24 heavy (non-hydrogen) atoms.